The highest BCUT2D eigenvalue weighted by Crippen LogP contribution is 2.16. The van der Waals surface area contributed by atoms with Crippen molar-refractivity contribution in [3.8, 4) is 18.1 Å². The zero-order valence-electron chi connectivity index (χ0n) is 9.67. The lowest BCUT2D eigenvalue weighted by Gasteiger charge is -2.00. The molecule has 0 heterocycles. The number of rotatable bonds is 2. The predicted molar refractivity (Wildman–Crippen MR) is 75.1 cm³/mol. The Morgan fingerprint density at radius 3 is 2.83 bits per heavy atom. The Balaban J connectivity index is 2.30. The summed E-state index contributed by atoms with van der Waals surface area (Å²) in [6, 6.07) is 12.1. The summed E-state index contributed by atoms with van der Waals surface area (Å²) in [7, 11) is 5.64. The van der Waals surface area contributed by atoms with E-state index in [9.17, 15) is 5.11 Å². The van der Waals surface area contributed by atoms with E-state index in [1.165, 1.54) is 6.07 Å². The molecule has 0 aliphatic heterocycles. The van der Waals surface area contributed by atoms with Crippen molar-refractivity contribution in [1.29, 1.82) is 0 Å². The van der Waals surface area contributed by atoms with Crippen molar-refractivity contribution in [1.82, 2.24) is 0 Å². The van der Waals surface area contributed by atoms with Crippen LogP contribution in [0, 0.1) is 12.3 Å². The molecule has 0 unspecified atom stereocenters. The Morgan fingerprint density at radius 2 is 2.06 bits per heavy atom. The molecule has 0 aromatic heterocycles. The third-order valence-electron chi connectivity index (χ3n) is 2.42. The summed E-state index contributed by atoms with van der Waals surface area (Å²) >= 11 is 0. The van der Waals surface area contributed by atoms with E-state index in [0.29, 0.717) is 11.0 Å². The van der Waals surface area contributed by atoms with Gasteiger partial charge in [0.25, 0.3) is 0 Å². The fourth-order valence-electron chi connectivity index (χ4n) is 1.50. The molecule has 18 heavy (non-hydrogen) atoms. The van der Waals surface area contributed by atoms with Crippen molar-refractivity contribution in [3.05, 3.63) is 53.6 Å². The molecule has 1 N–H and O–H groups in total. The molecular weight excluding hydrogens is 221 g/mol. The van der Waals surface area contributed by atoms with Crippen molar-refractivity contribution in [2.75, 3.05) is 0 Å². The fraction of sp³-hybridized carbons (Fsp3) is 0. The van der Waals surface area contributed by atoms with Gasteiger partial charge >= 0.3 is 0 Å². The van der Waals surface area contributed by atoms with Gasteiger partial charge in [0.1, 0.15) is 13.6 Å². The van der Waals surface area contributed by atoms with Gasteiger partial charge in [0.2, 0.25) is 0 Å². The van der Waals surface area contributed by atoms with Gasteiger partial charge in [-0.25, -0.2) is 0 Å². The topological polar surface area (TPSA) is 32.6 Å². The number of terminal acetylenes is 1. The van der Waals surface area contributed by atoms with Crippen molar-refractivity contribution in [2.45, 2.75) is 0 Å². The van der Waals surface area contributed by atoms with Crippen LogP contribution < -0.4 is 5.46 Å². The molecule has 0 fully saturated rings. The number of nitrogens with zero attached hydrogens (tertiary/aromatic N) is 1. The smallest absolute Gasteiger partial charge is 0.124 e. The third-order valence-corrected chi connectivity index (χ3v) is 2.42. The zero-order valence-corrected chi connectivity index (χ0v) is 9.67. The second-order valence-corrected chi connectivity index (χ2v) is 3.77. The van der Waals surface area contributed by atoms with E-state index in [2.05, 4.69) is 10.9 Å². The summed E-state index contributed by atoms with van der Waals surface area (Å²) in [5.41, 5.74) is 2.64. The summed E-state index contributed by atoms with van der Waals surface area (Å²) in [5, 5.41) is 9.63. The third kappa shape index (κ3) is 2.80. The molecule has 0 aliphatic carbocycles. The Bertz CT molecular complexity index is 641. The SMILES string of the molecule is [B]c1ccc(O)c(C=Nc2cccc(C#C)c2)c1. The first kappa shape index (κ1) is 12.0. The van der Waals surface area contributed by atoms with E-state index in [1.807, 2.05) is 18.2 Å². The Labute approximate surface area is 107 Å². The highest BCUT2D eigenvalue weighted by Gasteiger charge is 1.97. The van der Waals surface area contributed by atoms with Gasteiger partial charge in [-0.05, 0) is 24.3 Å². The highest BCUT2D eigenvalue weighted by molar-refractivity contribution is 6.32. The molecule has 0 bridgehead atoms. The van der Waals surface area contributed by atoms with E-state index in [-0.39, 0.29) is 5.75 Å². The number of benzene rings is 2. The van der Waals surface area contributed by atoms with Gasteiger partial charge in [-0.3, -0.25) is 4.99 Å². The van der Waals surface area contributed by atoms with Gasteiger partial charge in [-0.2, -0.15) is 0 Å². The second kappa shape index (κ2) is 5.24. The van der Waals surface area contributed by atoms with Crippen LogP contribution in [-0.4, -0.2) is 19.2 Å². The minimum atomic E-state index is 0.140. The lowest BCUT2D eigenvalue weighted by molar-refractivity contribution is 0.474. The first-order valence-electron chi connectivity index (χ1n) is 5.38. The summed E-state index contributed by atoms with van der Waals surface area (Å²) in [4.78, 5) is 4.25. The Kier molecular flexibility index (Phi) is 3.50. The monoisotopic (exact) mass is 231 g/mol. The normalized spacial score (nSPS) is 10.4. The molecule has 0 atom stereocenters. The maximum absolute atomic E-state index is 9.63. The minimum Gasteiger partial charge on any atom is -0.507 e. The maximum Gasteiger partial charge on any atom is 0.124 e. The minimum absolute atomic E-state index is 0.140. The van der Waals surface area contributed by atoms with Crippen LogP contribution in [0.25, 0.3) is 0 Å². The number of phenolic OH excluding ortho intramolecular Hbond substituents is 1. The van der Waals surface area contributed by atoms with Crippen LogP contribution in [0.3, 0.4) is 0 Å². The van der Waals surface area contributed by atoms with Crippen LogP contribution in [0.15, 0.2) is 47.5 Å². The average Bonchev–Trinajstić information content (AvgIpc) is 2.40. The van der Waals surface area contributed by atoms with Crippen LogP contribution in [0.1, 0.15) is 11.1 Å². The van der Waals surface area contributed by atoms with Gasteiger partial charge in [0, 0.05) is 17.3 Å². The lowest BCUT2D eigenvalue weighted by Crippen LogP contribution is -2.02. The van der Waals surface area contributed by atoms with Gasteiger partial charge in [-0.1, -0.05) is 29.6 Å². The van der Waals surface area contributed by atoms with Crippen molar-refractivity contribution >= 4 is 25.2 Å². The molecule has 2 radical (unpaired) electrons. The van der Waals surface area contributed by atoms with E-state index in [0.717, 1.165) is 11.3 Å². The number of phenols is 1. The van der Waals surface area contributed by atoms with E-state index < -0.39 is 0 Å². The molecule has 0 spiro atoms. The van der Waals surface area contributed by atoms with Crippen LogP contribution in [0.4, 0.5) is 5.69 Å². The maximum atomic E-state index is 9.63. The van der Waals surface area contributed by atoms with Gasteiger partial charge in [0.15, 0.2) is 0 Å². The summed E-state index contributed by atoms with van der Waals surface area (Å²) < 4.78 is 0. The van der Waals surface area contributed by atoms with E-state index in [4.69, 9.17) is 14.3 Å². The van der Waals surface area contributed by atoms with Crippen LogP contribution in [0.2, 0.25) is 0 Å². The van der Waals surface area contributed by atoms with Crippen molar-refractivity contribution in [2.24, 2.45) is 4.99 Å². The number of aliphatic imine (C=N–C) groups is 1. The molecule has 2 rings (SSSR count). The standard InChI is InChI=1S/C15H10BNO/c1-2-11-4-3-5-14(8-11)17-10-12-9-13(16)6-7-15(12)18/h1,3-10,18H. The summed E-state index contributed by atoms with van der Waals surface area (Å²) in [6.45, 7) is 0. The van der Waals surface area contributed by atoms with E-state index >= 15 is 0 Å². The summed E-state index contributed by atoms with van der Waals surface area (Å²) in [6.07, 6.45) is 6.87. The van der Waals surface area contributed by atoms with Crippen LogP contribution in [0.5, 0.6) is 5.75 Å². The summed E-state index contributed by atoms with van der Waals surface area (Å²) in [5.74, 6) is 2.68. The largest absolute Gasteiger partial charge is 0.507 e. The second-order valence-electron chi connectivity index (χ2n) is 3.77. The zero-order chi connectivity index (χ0) is 13.0. The molecule has 0 amide bonds. The van der Waals surface area contributed by atoms with Crippen molar-refractivity contribution < 1.29 is 5.11 Å². The fourth-order valence-corrected chi connectivity index (χ4v) is 1.50. The first-order valence-corrected chi connectivity index (χ1v) is 5.38. The number of hydrogen-bond acceptors (Lipinski definition) is 2. The van der Waals surface area contributed by atoms with Crippen LogP contribution in [-0.2, 0) is 0 Å². The average molecular weight is 231 g/mol. The molecule has 84 valence electrons. The molecule has 0 saturated carbocycles. The van der Waals surface area contributed by atoms with Crippen LogP contribution >= 0.6 is 0 Å². The first-order chi connectivity index (χ1) is 8.69. The molecule has 0 aliphatic rings. The Morgan fingerprint density at radius 1 is 1.22 bits per heavy atom. The predicted octanol–water partition coefficient (Wildman–Crippen LogP) is 1.92. The molecule has 0 saturated heterocycles. The quantitative estimate of drug-likeness (QED) is 0.478. The lowest BCUT2D eigenvalue weighted by atomic mass is 9.94. The highest BCUT2D eigenvalue weighted by atomic mass is 16.3. The molecule has 3 heteroatoms. The van der Waals surface area contributed by atoms with E-state index in [1.54, 1.807) is 24.4 Å². The number of hydrogen-bond donors (Lipinski definition) is 1. The molecular formula is C15H10BNO. The molecule has 2 aromatic rings. The number of aromatic hydroxyl groups is 1. The molecule has 2 nitrogen and oxygen atoms in total. The van der Waals surface area contributed by atoms with Gasteiger partial charge in [0.05, 0.1) is 5.69 Å². The Hall–Kier alpha value is -2.47. The van der Waals surface area contributed by atoms with Gasteiger partial charge in [-0.15, -0.1) is 6.42 Å². The van der Waals surface area contributed by atoms with Crippen molar-refractivity contribution in [3.63, 3.8) is 0 Å². The molecule has 2 aromatic carbocycles. The van der Waals surface area contributed by atoms with Gasteiger partial charge < -0.3 is 5.11 Å².